The van der Waals surface area contributed by atoms with Crippen molar-refractivity contribution in [1.82, 2.24) is 0 Å². The SMILES string of the molecule is C[Si](=CC1=CC2=CCSC2=C1)c1ccccc1.[Cl-].[Cl-].[Zr+2]. The van der Waals surface area contributed by atoms with Gasteiger partial charge in [-0.05, 0) is 28.5 Å². The molecule has 0 atom stereocenters. The Morgan fingerprint density at radius 1 is 1.10 bits per heavy atom. The fourth-order valence-electron chi connectivity index (χ4n) is 2.15. The van der Waals surface area contributed by atoms with Crippen LogP contribution in [0.25, 0.3) is 0 Å². The Kier molecular flexibility index (Phi) is 9.54. The number of thioether (sulfide) groups is 1. The summed E-state index contributed by atoms with van der Waals surface area (Å²) < 4.78 is 0. The second-order valence-electron chi connectivity index (χ2n) is 4.32. The third kappa shape index (κ3) is 4.68. The largest absolute Gasteiger partial charge is 2.00 e. The summed E-state index contributed by atoms with van der Waals surface area (Å²) in [5, 5.41) is 1.48. The Hall–Kier alpha value is 0.340. The van der Waals surface area contributed by atoms with Crippen molar-refractivity contribution in [2.75, 3.05) is 5.75 Å². The Bertz CT molecular complexity index is 577. The van der Waals surface area contributed by atoms with E-state index in [1.807, 2.05) is 11.8 Å². The van der Waals surface area contributed by atoms with E-state index in [2.05, 4.69) is 60.8 Å². The van der Waals surface area contributed by atoms with Crippen LogP contribution in [-0.2, 0) is 26.2 Å². The van der Waals surface area contributed by atoms with Crippen molar-refractivity contribution in [3.05, 3.63) is 64.6 Å². The van der Waals surface area contributed by atoms with E-state index >= 15 is 0 Å². The van der Waals surface area contributed by atoms with Gasteiger partial charge >= 0.3 is 26.2 Å². The van der Waals surface area contributed by atoms with E-state index in [9.17, 15) is 0 Å². The maximum atomic E-state index is 2.45. The fraction of sp³-hybridized carbons (Fsp3) is 0.133. The second-order valence-corrected chi connectivity index (χ2v) is 7.61. The van der Waals surface area contributed by atoms with Gasteiger partial charge < -0.3 is 24.8 Å². The average molecular weight is 417 g/mol. The van der Waals surface area contributed by atoms with Gasteiger partial charge in [-0.25, -0.2) is 0 Å². The molecule has 20 heavy (non-hydrogen) atoms. The number of fused-ring (bicyclic) bond motifs is 1. The minimum absolute atomic E-state index is 0. The van der Waals surface area contributed by atoms with E-state index in [-0.39, 0.29) is 51.0 Å². The zero-order valence-corrected chi connectivity index (χ0v) is 16.9. The molecule has 1 aliphatic heterocycles. The molecule has 0 aromatic heterocycles. The number of allylic oxidation sites excluding steroid dienone is 4. The molecule has 2 aliphatic rings. The molecule has 0 amide bonds. The van der Waals surface area contributed by atoms with E-state index in [0.29, 0.717) is 0 Å². The third-order valence-electron chi connectivity index (χ3n) is 3.06. The number of rotatable bonds is 2. The monoisotopic (exact) mass is 414 g/mol. The molecule has 0 spiro atoms. The molecule has 0 radical (unpaired) electrons. The Balaban J connectivity index is 0.00000120. The molecule has 1 aromatic rings. The van der Waals surface area contributed by atoms with Crippen LogP contribution in [0.5, 0.6) is 0 Å². The summed E-state index contributed by atoms with van der Waals surface area (Å²) in [5.41, 5.74) is 5.29. The molecule has 0 fully saturated rings. The van der Waals surface area contributed by atoms with E-state index in [1.54, 1.807) is 0 Å². The molecule has 3 rings (SSSR count). The summed E-state index contributed by atoms with van der Waals surface area (Å²) in [7, 11) is -0.555. The van der Waals surface area contributed by atoms with Gasteiger partial charge in [0, 0.05) is 19.1 Å². The zero-order chi connectivity index (χ0) is 11.7. The quantitative estimate of drug-likeness (QED) is 0.461. The van der Waals surface area contributed by atoms with Crippen molar-refractivity contribution in [3.8, 4) is 0 Å². The molecule has 1 aromatic carbocycles. The third-order valence-corrected chi connectivity index (χ3v) is 6.07. The van der Waals surface area contributed by atoms with Gasteiger partial charge in [0.1, 0.15) is 0 Å². The zero-order valence-electron chi connectivity index (χ0n) is 11.1. The first-order valence-electron chi connectivity index (χ1n) is 5.83. The normalized spacial score (nSPS) is 15.8. The standard InChI is InChI=1S/C15H14SSi.2ClH.Zr/c1-17(14-5-3-2-4-6-14)11-12-9-13-7-8-16-15(13)10-12;;;/h2-7,9-11H,8H2,1H3;2*1H;/q;;;+2/p-2. The molecule has 0 nitrogen and oxygen atoms in total. The average Bonchev–Trinajstić information content (AvgIpc) is 2.90. The van der Waals surface area contributed by atoms with Gasteiger partial charge in [-0.15, -0.1) is 11.8 Å². The van der Waals surface area contributed by atoms with E-state index < -0.39 is 8.41 Å². The minimum Gasteiger partial charge on any atom is -1.00 e. The number of halogens is 2. The molecule has 102 valence electrons. The molecule has 0 bridgehead atoms. The van der Waals surface area contributed by atoms with Gasteiger partial charge in [0.25, 0.3) is 0 Å². The first-order valence-corrected chi connectivity index (χ1v) is 8.90. The number of benzene rings is 1. The van der Waals surface area contributed by atoms with Gasteiger partial charge in [-0.3, -0.25) is 0 Å². The van der Waals surface area contributed by atoms with Crippen molar-refractivity contribution in [2.24, 2.45) is 0 Å². The summed E-state index contributed by atoms with van der Waals surface area (Å²) >= 11 is 1.95. The Morgan fingerprint density at radius 2 is 1.80 bits per heavy atom. The van der Waals surface area contributed by atoms with Crippen molar-refractivity contribution in [3.63, 3.8) is 0 Å². The van der Waals surface area contributed by atoms with Crippen LogP contribution in [0.4, 0.5) is 0 Å². The fourth-order valence-corrected chi connectivity index (χ4v) is 4.67. The molecule has 0 saturated heterocycles. The summed E-state index contributed by atoms with van der Waals surface area (Å²) in [6, 6.07) is 10.8. The summed E-state index contributed by atoms with van der Waals surface area (Å²) in [4.78, 5) is 1.46. The summed E-state index contributed by atoms with van der Waals surface area (Å²) in [5.74, 6) is 1.15. The van der Waals surface area contributed by atoms with Crippen LogP contribution < -0.4 is 30.0 Å². The first kappa shape index (κ1) is 20.3. The maximum Gasteiger partial charge on any atom is 2.00 e. The molecule has 0 saturated carbocycles. The smallest absolute Gasteiger partial charge is 1.00 e. The number of hydrogen-bond donors (Lipinski definition) is 0. The predicted octanol–water partition coefficient (Wildman–Crippen LogP) is -3.10. The molecule has 1 aliphatic carbocycles. The Morgan fingerprint density at radius 3 is 2.45 bits per heavy atom. The van der Waals surface area contributed by atoms with E-state index in [4.69, 9.17) is 0 Å². The predicted molar refractivity (Wildman–Crippen MR) is 80.5 cm³/mol. The second kappa shape index (κ2) is 9.38. The van der Waals surface area contributed by atoms with E-state index in [0.717, 1.165) is 5.75 Å². The summed E-state index contributed by atoms with van der Waals surface area (Å²) in [6.45, 7) is 2.36. The van der Waals surface area contributed by atoms with Crippen molar-refractivity contribution < 1.29 is 51.0 Å². The van der Waals surface area contributed by atoms with Crippen LogP contribution in [-0.4, -0.2) is 19.8 Å². The van der Waals surface area contributed by atoms with Crippen LogP contribution in [0.1, 0.15) is 0 Å². The molecule has 0 N–H and O–H groups in total. The van der Waals surface area contributed by atoms with Crippen LogP contribution in [0.2, 0.25) is 6.55 Å². The maximum absolute atomic E-state index is 2.45. The van der Waals surface area contributed by atoms with E-state index in [1.165, 1.54) is 21.2 Å². The van der Waals surface area contributed by atoms with Crippen molar-refractivity contribution in [2.45, 2.75) is 6.55 Å². The first-order chi connectivity index (χ1) is 8.33. The van der Waals surface area contributed by atoms with Crippen LogP contribution >= 0.6 is 11.8 Å². The van der Waals surface area contributed by atoms with Crippen molar-refractivity contribution >= 4 is 31.0 Å². The van der Waals surface area contributed by atoms with Crippen LogP contribution in [0.3, 0.4) is 0 Å². The molecule has 5 heteroatoms. The minimum atomic E-state index is -0.555. The molecule has 0 unspecified atom stereocenters. The van der Waals surface area contributed by atoms with Gasteiger partial charge in [-0.2, -0.15) is 0 Å². The van der Waals surface area contributed by atoms with Gasteiger partial charge in [0.2, 0.25) is 0 Å². The topological polar surface area (TPSA) is 0 Å². The van der Waals surface area contributed by atoms with Gasteiger partial charge in [-0.1, -0.05) is 48.6 Å². The number of hydrogen-bond acceptors (Lipinski definition) is 1. The molecule has 1 heterocycles. The van der Waals surface area contributed by atoms with Gasteiger partial charge in [0.15, 0.2) is 0 Å². The van der Waals surface area contributed by atoms with Crippen LogP contribution in [0.15, 0.2) is 64.6 Å². The van der Waals surface area contributed by atoms with Crippen LogP contribution in [0, 0.1) is 0 Å². The molecular formula is C15H14Cl2SSiZr. The molecular weight excluding hydrogens is 402 g/mol. The van der Waals surface area contributed by atoms with Crippen molar-refractivity contribution in [1.29, 1.82) is 0 Å². The Labute approximate surface area is 158 Å². The van der Waals surface area contributed by atoms with Gasteiger partial charge in [0.05, 0.1) is 0 Å². The summed E-state index contributed by atoms with van der Waals surface area (Å²) in [6.07, 6.45) is 6.98.